The first-order valence-electron chi connectivity index (χ1n) is 6.31. The normalized spacial score (nSPS) is 19.1. The Kier molecular flexibility index (Phi) is 4.32. The van der Waals surface area contributed by atoms with Crippen LogP contribution in [0.1, 0.15) is 18.4 Å². The highest BCUT2D eigenvalue weighted by molar-refractivity contribution is 5.16. The molecule has 4 heteroatoms. The highest BCUT2D eigenvalue weighted by Gasteiger charge is 2.30. The highest BCUT2D eigenvalue weighted by Crippen LogP contribution is 2.22. The lowest BCUT2D eigenvalue weighted by atomic mass is 9.94. The summed E-state index contributed by atoms with van der Waals surface area (Å²) in [6, 6.07) is 6.58. The molecule has 1 aliphatic heterocycles. The minimum absolute atomic E-state index is 0.217. The molecule has 2 rings (SSSR count). The fourth-order valence-corrected chi connectivity index (χ4v) is 2.41. The van der Waals surface area contributed by atoms with Crippen LogP contribution < -0.4 is 0 Å². The molecule has 0 aliphatic carbocycles. The van der Waals surface area contributed by atoms with Gasteiger partial charge in [0.2, 0.25) is 0 Å². The molecule has 1 saturated heterocycles. The first-order valence-corrected chi connectivity index (χ1v) is 6.31. The Balaban J connectivity index is 1.90. The molecule has 0 spiro atoms. The largest absolute Gasteiger partial charge is 0.388 e. The van der Waals surface area contributed by atoms with Crippen molar-refractivity contribution >= 4 is 0 Å². The SMILES string of the molecule is CN(Cc1cccc(F)c1)CC1(O)CCOCC1. The summed E-state index contributed by atoms with van der Waals surface area (Å²) in [7, 11) is 1.94. The van der Waals surface area contributed by atoms with Crippen LogP contribution in [-0.4, -0.2) is 42.4 Å². The van der Waals surface area contributed by atoms with Crippen molar-refractivity contribution < 1.29 is 14.2 Å². The van der Waals surface area contributed by atoms with Crippen molar-refractivity contribution in [3.05, 3.63) is 35.6 Å². The van der Waals surface area contributed by atoms with Gasteiger partial charge in [0.1, 0.15) is 5.82 Å². The van der Waals surface area contributed by atoms with E-state index in [-0.39, 0.29) is 5.82 Å². The van der Waals surface area contributed by atoms with E-state index in [0.29, 0.717) is 39.1 Å². The zero-order valence-electron chi connectivity index (χ0n) is 10.7. The van der Waals surface area contributed by atoms with Gasteiger partial charge in [-0.2, -0.15) is 0 Å². The molecular weight excluding hydrogens is 233 g/mol. The lowest BCUT2D eigenvalue weighted by Crippen LogP contribution is -2.45. The minimum atomic E-state index is -0.666. The second-order valence-corrected chi connectivity index (χ2v) is 5.14. The molecule has 1 aromatic carbocycles. The summed E-state index contributed by atoms with van der Waals surface area (Å²) < 4.78 is 18.3. The zero-order chi connectivity index (χ0) is 13.0. The molecule has 0 aromatic heterocycles. The van der Waals surface area contributed by atoms with E-state index >= 15 is 0 Å². The van der Waals surface area contributed by atoms with Gasteiger partial charge in [-0.1, -0.05) is 12.1 Å². The van der Waals surface area contributed by atoms with Crippen molar-refractivity contribution in [2.75, 3.05) is 26.8 Å². The smallest absolute Gasteiger partial charge is 0.123 e. The maximum Gasteiger partial charge on any atom is 0.123 e. The third-order valence-electron chi connectivity index (χ3n) is 3.33. The van der Waals surface area contributed by atoms with Gasteiger partial charge >= 0.3 is 0 Å². The van der Waals surface area contributed by atoms with Gasteiger partial charge < -0.3 is 9.84 Å². The van der Waals surface area contributed by atoms with E-state index in [1.807, 2.05) is 18.0 Å². The van der Waals surface area contributed by atoms with Crippen LogP contribution >= 0.6 is 0 Å². The third-order valence-corrected chi connectivity index (χ3v) is 3.33. The molecule has 1 aromatic rings. The molecule has 1 heterocycles. The molecule has 3 nitrogen and oxygen atoms in total. The van der Waals surface area contributed by atoms with Crippen molar-refractivity contribution in [1.82, 2.24) is 4.90 Å². The van der Waals surface area contributed by atoms with E-state index in [2.05, 4.69) is 0 Å². The van der Waals surface area contributed by atoms with E-state index in [0.717, 1.165) is 5.56 Å². The third kappa shape index (κ3) is 3.77. The first kappa shape index (κ1) is 13.5. The molecule has 100 valence electrons. The number of halogens is 1. The van der Waals surface area contributed by atoms with Crippen LogP contribution in [0.5, 0.6) is 0 Å². The average Bonchev–Trinajstić information content (AvgIpc) is 2.28. The number of nitrogens with zero attached hydrogens (tertiary/aromatic N) is 1. The molecule has 0 amide bonds. The molecular formula is C14H20FNO2. The molecule has 18 heavy (non-hydrogen) atoms. The van der Waals surface area contributed by atoms with Crippen LogP contribution in [0.25, 0.3) is 0 Å². The standard InChI is InChI=1S/C14H20FNO2/c1-16(10-12-3-2-4-13(15)9-12)11-14(17)5-7-18-8-6-14/h2-4,9,17H,5-8,10-11H2,1H3. The van der Waals surface area contributed by atoms with Gasteiger partial charge in [0, 0.05) is 39.1 Å². The fraction of sp³-hybridized carbons (Fsp3) is 0.571. The summed E-state index contributed by atoms with van der Waals surface area (Å²) in [5.41, 5.74) is 0.258. The van der Waals surface area contributed by atoms with Crippen molar-refractivity contribution in [2.24, 2.45) is 0 Å². The monoisotopic (exact) mass is 253 g/mol. The molecule has 1 N–H and O–H groups in total. The molecule has 1 aliphatic rings. The fourth-order valence-electron chi connectivity index (χ4n) is 2.41. The van der Waals surface area contributed by atoms with Crippen LogP contribution in [0.2, 0.25) is 0 Å². The van der Waals surface area contributed by atoms with Crippen molar-refractivity contribution in [3.63, 3.8) is 0 Å². The van der Waals surface area contributed by atoms with Crippen LogP contribution in [0, 0.1) is 5.82 Å². The quantitative estimate of drug-likeness (QED) is 0.888. The summed E-state index contributed by atoms with van der Waals surface area (Å²) in [4.78, 5) is 2.03. The predicted octanol–water partition coefficient (Wildman–Crippen LogP) is 1.80. The van der Waals surface area contributed by atoms with E-state index < -0.39 is 5.60 Å². The number of rotatable bonds is 4. The van der Waals surface area contributed by atoms with Gasteiger partial charge in [-0.15, -0.1) is 0 Å². The van der Waals surface area contributed by atoms with Gasteiger partial charge in [0.15, 0.2) is 0 Å². The van der Waals surface area contributed by atoms with Crippen LogP contribution in [0.15, 0.2) is 24.3 Å². The van der Waals surface area contributed by atoms with E-state index in [1.165, 1.54) is 12.1 Å². The maximum absolute atomic E-state index is 13.1. The second kappa shape index (κ2) is 5.78. The average molecular weight is 253 g/mol. The van der Waals surface area contributed by atoms with Gasteiger partial charge in [-0.05, 0) is 24.7 Å². The highest BCUT2D eigenvalue weighted by atomic mass is 19.1. The summed E-state index contributed by atoms with van der Waals surface area (Å²) >= 11 is 0. The van der Waals surface area contributed by atoms with E-state index in [4.69, 9.17) is 4.74 Å². The molecule has 0 atom stereocenters. The lowest BCUT2D eigenvalue weighted by Gasteiger charge is -2.35. The van der Waals surface area contributed by atoms with Crippen molar-refractivity contribution in [2.45, 2.75) is 25.0 Å². The number of benzene rings is 1. The predicted molar refractivity (Wildman–Crippen MR) is 67.7 cm³/mol. The Hall–Kier alpha value is -0.970. The molecule has 0 radical (unpaired) electrons. The second-order valence-electron chi connectivity index (χ2n) is 5.14. The van der Waals surface area contributed by atoms with Crippen molar-refractivity contribution in [3.8, 4) is 0 Å². The summed E-state index contributed by atoms with van der Waals surface area (Å²) in [6.45, 7) is 2.46. The molecule has 1 fully saturated rings. The van der Waals surface area contributed by atoms with Crippen LogP contribution in [0.4, 0.5) is 4.39 Å². The number of aliphatic hydroxyl groups is 1. The summed E-state index contributed by atoms with van der Waals surface area (Å²) in [5.74, 6) is -0.217. The molecule has 0 saturated carbocycles. The van der Waals surface area contributed by atoms with Gasteiger partial charge in [-0.25, -0.2) is 4.39 Å². The number of hydrogen-bond acceptors (Lipinski definition) is 3. The Bertz CT molecular complexity index is 391. The molecule has 0 bridgehead atoms. The summed E-state index contributed by atoms with van der Waals surface area (Å²) in [5, 5.41) is 10.4. The Morgan fingerprint density at radius 3 is 2.78 bits per heavy atom. The minimum Gasteiger partial charge on any atom is -0.388 e. The first-order chi connectivity index (χ1) is 8.57. The van der Waals surface area contributed by atoms with Crippen LogP contribution in [0.3, 0.4) is 0 Å². The Morgan fingerprint density at radius 1 is 1.39 bits per heavy atom. The Morgan fingerprint density at radius 2 is 2.11 bits per heavy atom. The van der Waals surface area contributed by atoms with Crippen LogP contribution in [-0.2, 0) is 11.3 Å². The molecule has 0 unspecified atom stereocenters. The Labute approximate surface area is 107 Å². The van der Waals surface area contributed by atoms with Crippen molar-refractivity contribution in [1.29, 1.82) is 0 Å². The van der Waals surface area contributed by atoms with Gasteiger partial charge in [0.25, 0.3) is 0 Å². The summed E-state index contributed by atoms with van der Waals surface area (Å²) in [6.07, 6.45) is 1.33. The number of likely N-dealkylation sites (N-methyl/N-ethyl adjacent to an activating group) is 1. The lowest BCUT2D eigenvalue weighted by molar-refractivity contribution is -0.0777. The van der Waals surface area contributed by atoms with Gasteiger partial charge in [0.05, 0.1) is 5.60 Å². The topological polar surface area (TPSA) is 32.7 Å². The van der Waals surface area contributed by atoms with Gasteiger partial charge in [-0.3, -0.25) is 4.90 Å². The number of hydrogen-bond donors (Lipinski definition) is 1. The van der Waals surface area contributed by atoms with E-state index in [1.54, 1.807) is 6.07 Å². The maximum atomic E-state index is 13.1. The van der Waals surface area contributed by atoms with E-state index in [9.17, 15) is 9.50 Å². The number of ether oxygens (including phenoxy) is 1. The zero-order valence-corrected chi connectivity index (χ0v) is 10.7.